The fourth-order valence-corrected chi connectivity index (χ4v) is 3.36. The highest BCUT2D eigenvalue weighted by Crippen LogP contribution is 2.26. The molecule has 30 heavy (non-hydrogen) atoms. The molecular formula is C23H25N5O2. The van der Waals surface area contributed by atoms with Crippen LogP contribution in [0.3, 0.4) is 0 Å². The molecule has 1 atom stereocenters. The van der Waals surface area contributed by atoms with Crippen molar-refractivity contribution in [2.75, 3.05) is 0 Å². The van der Waals surface area contributed by atoms with Gasteiger partial charge in [0.05, 0.1) is 17.9 Å². The highest BCUT2D eigenvalue weighted by atomic mass is 16.2. The van der Waals surface area contributed by atoms with Gasteiger partial charge >= 0.3 is 0 Å². The second-order valence-electron chi connectivity index (χ2n) is 7.67. The summed E-state index contributed by atoms with van der Waals surface area (Å²) in [5.74, 6) is 0.169. The number of amides is 2. The molecule has 4 rings (SSSR count). The van der Waals surface area contributed by atoms with E-state index in [9.17, 15) is 9.59 Å². The van der Waals surface area contributed by atoms with Gasteiger partial charge in [-0.15, -0.1) is 0 Å². The number of carbonyl (C=O) groups excluding carboxylic acids is 2. The molecular weight excluding hydrogens is 378 g/mol. The van der Waals surface area contributed by atoms with Crippen molar-refractivity contribution in [1.29, 1.82) is 0 Å². The Morgan fingerprint density at radius 2 is 1.97 bits per heavy atom. The van der Waals surface area contributed by atoms with Crippen LogP contribution in [0.4, 0.5) is 0 Å². The lowest BCUT2D eigenvalue weighted by atomic mass is 9.85. The molecule has 3 aromatic rings. The van der Waals surface area contributed by atoms with E-state index in [1.807, 2.05) is 37.4 Å². The van der Waals surface area contributed by atoms with Crippen LogP contribution in [0.1, 0.15) is 53.7 Å². The predicted octanol–water partition coefficient (Wildman–Crippen LogP) is 3.17. The molecule has 2 aromatic heterocycles. The quantitative estimate of drug-likeness (QED) is 0.634. The van der Waals surface area contributed by atoms with Gasteiger partial charge in [0.25, 0.3) is 5.91 Å². The minimum absolute atomic E-state index is 0.130. The summed E-state index contributed by atoms with van der Waals surface area (Å²) < 4.78 is 1.74. The van der Waals surface area contributed by atoms with Crippen molar-refractivity contribution in [2.45, 2.75) is 38.8 Å². The maximum absolute atomic E-state index is 12.5. The van der Waals surface area contributed by atoms with Gasteiger partial charge in [-0.1, -0.05) is 12.5 Å². The second-order valence-corrected chi connectivity index (χ2v) is 7.67. The Morgan fingerprint density at radius 1 is 1.17 bits per heavy atom. The van der Waals surface area contributed by atoms with Gasteiger partial charge in [0.2, 0.25) is 5.91 Å². The highest BCUT2D eigenvalue weighted by molar-refractivity contribution is 5.94. The number of nitrogens with zero attached hydrogens (tertiary/aromatic N) is 3. The number of carbonyl (C=O) groups is 2. The van der Waals surface area contributed by atoms with Crippen LogP contribution in [-0.2, 0) is 11.3 Å². The summed E-state index contributed by atoms with van der Waals surface area (Å²) in [5.41, 5.74) is 3.32. The van der Waals surface area contributed by atoms with E-state index in [1.165, 1.54) is 0 Å². The summed E-state index contributed by atoms with van der Waals surface area (Å²) in [6.07, 6.45) is 10.2. The molecule has 1 aliphatic carbocycles. The smallest absolute Gasteiger partial charge is 0.251 e. The number of hydrogen-bond acceptors (Lipinski definition) is 4. The lowest BCUT2D eigenvalue weighted by Gasteiger charge is -2.23. The van der Waals surface area contributed by atoms with Crippen LogP contribution >= 0.6 is 0 Å². The van der Waals surface area contributed by atoms with E-state index in [0.29, 0.717) is 12.1 Å². The van der Waals surface area contributed by atoms with Crippen LogP contribution in [0.2, 0.25) is 0 Å². The van der Waals surface area contributed by atoms with Crippen LogP contribution < -0.4 is 10.6 Å². The van der Waals surface area contributed by atoms with Crippen LogP contribution in [0.5, 0.6) is 0 Å². The Morgan fingerprint density at radius 3 is 2.63 bits per heavy atom. The Kier molecular flexibility index (Phi) is 5.88. The number of rotatable bonds is 7. The molecule has 1 fully saturated rings. The van der Waals surface area contributed by atoms with E-state index < -0.39 is 0 Å². The van der Waals surface area contributed by atoms with E-state index in [4.69, 9.17) is 0 Å². The molecule has 0 saturated heterocycles. The average Bonchev–Trinajstić information content (AvgIpc) is 3.21. The second kappa shape index (κ2) is 8.90. The topological polar surface area (TPSA) is 88.9 Å². The summed E-state index contributed by atoms with van der Waals surface area (Å²) in [5, 5.41) is 10.3. The van der Waals surface area contributed by atoms with E-state index >= 15 is 0 Å². The normalized spacial score (nSPS) is 14.6. The first kappa shape index (κ1) is 19.8. The third kappa shape index (κ3) is 4.56. The van der Waals surface area contributed by atoms with E-state index in [1.54, 1.807) is 35.4 Å². The lowest BCUT2D eigenvalue weighted by Crippen LogP contribution is -2.33. The molecule has 0 bridgehead atoms. The van der Waals surface area contributed by atoms with Gasteiger partial charge in [0.1, 0.15) is 0 Å². The van der Waals surface area contributed by atoms with Gasteiger partial charge in [-0.2, -0.15) is 5.10 Å². The van der Waals surface area contributed by atoms with Crippen LogP contribution in [-0.4, -0.2) is 26.6 Å². The van der Waals surface area contributed by atoms with Gasteiger partial charge in [0, 0.05) is 42.2 Å². The fraction of sp³-hybridized carbons (Fsp3) is 0.304. The summed E-state index contributed by atoms with van der Waals surface area (Å²) in [7, 11) is 0. The van der Waals surface area contributed by atoms with Crippen LogP contribution in [0.25, 0.3) is 5.69 Å². The fourth-order valence-electron chi connectivity index (χ4n) is 3.36. The predicted molar refractivity (Wildman–Crippen MR) is 113 cm³/mol. The monoisotopic (exact) mass is 403 g/mol. The highest BCUT2D eigenvalue weighted by Gasteiger charge is 2.24. The summed E-state index contributed by atoms with van der Waals surface area (Å²) in [6.45, 7) is 2.40. The minimum atomic E-state index is -0.141. The van der Waals surface area contributed by atoms with Crippen molar-refractivity contribution in [3.8, 4) is 5.69 Å². The molecule has 0 aliphatic heterocycles. The first-order chi connectivity index (χ1) is 14.6. The molecule has 0 unspecified atom stereocenters. The number of benzene rings is 1. The molecule has 0 spiro atoms. The van der Waals surface area contributed by atoms with E-state index in [-0.39, 0.29) is 23.8 Å². The number of aromatic nitrogens is 3. The van der Waals surface area contributed by atoms with Crippen LogP contribution in [0, 0.1) is 5.92 Å². The molecule has 0 radical (unpaired) electrons. The SMILES string of the molecule is C[C@@H](NC(=O)c1ccc(-n2cc(CNC(=O)C3CCC3)cn2)cc1)c1cccnc1. The van der Waals surface area contributed by atoms with Crippen molar-refractivity contribution in [3.63, 3.8) is 0 Å². The van der Waals surface area contributed by atoms with Crippen molar-refractivity contribution in [2.24, 2.45) is 5.92 Å². The molecule has 7 nitrogen and oxygen atoms in total. The van der Waals surface area contributed by atoms with E-state index in [0.717, 1.165) is 36.1 Å². The minimum Gasteiger partial charge on any atom is -0.352 e. The van der Waals surface area contributed by atoms with Crippen LogP contribution in [0.15, 0.2) is 61.2 Å². The molecule has 2 N–H and O–H groups in total. The maximum Gasteiger partial charge on any atom is 0.251 e. The summed E-state index contributed by atoms with van der Waals surface area (Å²) in [6, 6.07) is 10.9. The molecule has 2 amide bonds. The van der Waals surface area contributed by atoms with Gasteiger partial charge in [0.15, 0.2) is 0 Å². The van der Waals surface area contributed by atoms with Gasteiger partial charge in [-0.3, -0.25) is 14.6 Å². The maximum atomic E-state index is 12.5. The molecule has 7 heteroatoms. The first-order valence-electron chi connectivity index (χ1n) is 10.2. The Bertz CT molecular complexity index is 1010. The van der Waals surface area contributed by atoms with Gasteiger partial charge in [-0.05, 0) is 55.7 Å². The average molecular weight is 403 g/mol. The molecule has 2 heterocycles. The third-order valence-electron chi connectivity index (χ3n) is 5.50. The Hall–Kier alpha value is -3.48. The molecule has 1 aliphatic rings. The van der Waals surface area contributed by atoms with Crippen molar-refractivity contribution in [1.82, 2.24) is 25.4 Å². The zero-order valence-electron chi connectivity index (χ0n) is 16.9. The van der Waals surface area contributed by atoms with Crippen molar-refractivity contribution >= 4 is 11.8 Å². The number of hydrogen-bond donors (Lipinski definition) is 2. The van der Waals surface area contributed by atoms with Crippen molar-refractivity contribution < 1.29 is 9.59 Å². The molecule has 154 valence electrons. The molecule has 1 saturated carbocycles. The summed E-state index contributed by atoms with van der Waals surface area (Å²) in [4.78, 5) is 28.6. The number of pyridine rings is 1. The zero-order chi connectivity index (χ0) is 20.9. The first-order valence-corrected chi connectivity index (χ1v) is 10.2. The lowest BCUT2D eigenvalue weighted by molar-refractivity contribution is -0.127. The Labute approximate surface area is 175 Å². The summed E-state index contributed by atoms with van der Waals surface area (Å²) >= 11 is 0. The standard InChI is InChI=1S/C23H25N5O2/c1-16(20-6-3-11-24-14-20)27-23(30)19-7-9-21(10-8-19)28-15-17(13-26-28)12-25-22(29)18-4-2-5-18/h3,6-11,13-16,18H,2,4-5,12H2,1H3,(H,25,29)(H,27,30)/t16-/m1/s1. The zero-order valence-corrected chi connectivity index (χ0v) is 16.9. The Balaban J connectivity index is 1.34. The van der Waals surface area contributed by atoms with Crippen molar-refractivity contribution in [3.05, 3.63) is 77.9 Å². The van der Waals surface area contributed by atoms with E-state index in [2.05, 4.69) is 20.7 Å². The van der Waals surface area contributed by atoms with Gasteiger partial charge in [-0.25, -0.2) is 4.68 Å². The number of nitrogens with one attached hydrogen (secondary N) is 2. The largest absolute Gasteiger partial charge is 0.352 e. The molecule has 1 aromatic carbocycles. The van der Waals surface area contributed by atoms with Gasteiger partial charge < -0.3 is 10.6 Å². The third-order valence-corrected chi connectivity index (χ3v) is 5.50.